The van der Waals surface area contributed by atoms with Gasteiger partial charge in [-0.15, -0.1) is 11.3 Å². The summed E-state index contributed by atoms with van der Waals surface area (Å²) in [6.07, 6.45) is 4.20. The molecule has 0 radical (unpaired) electrons. The molecule has 1 saturated heterocycles. The summed E-state index contributed by atoms with van der Waals surface area (Å²) in [6, 6.07) is 4.12. The van der Waals surface area contributed by atoms with Gasteiger partial charge in [-0.1, -0.05) is 18.9 Å². The van der Waals surface area contributed by atoms with Crippen molar-refractivity contribution in [2.24, 2.45) is 0 Å². The summed E-state index contributed by atoms with van der Waals surface area (Å²) in [5.74, 6) is 1.06. The average molecular weight is 349 g/mol. The minimum atomic E-state index is -0.589. The predicted molar refractivity (Wildman–Crippen MR) is 94.8 cm³/mol. The number of thiophene rings is 1. The number of aliphatic hydroxyl groups excluding tert-OH is 1. The Morgan fingerprint density at radius 2 is 2.04 bits per heavy atom. The van der Waals surface area contributed by atoms with E-state index in [2.05, 4.69) is 25.2 Å². The van der Waals surface area contributed by atoms with Crippen molar-refractivity contribution in [2.45, 2.75) is 31.8 Å². The van der Waals surface area contributed by atoms with Gasteiger partial charge in [-0.25, -0.2) is 0 Å². The highest BCUT2D eigenvalue weighted by molar-refractivity contribution is 7.10. The molecule has 8 heteroatoms. The van der Waals surface area contributed by atoms with E-state index in [-0.39, 0.29) is 6.01 Å². The van der Waals surface area contributed by atoms with Gasteiger partial charge in [0.05, 0.1) is 7.11 Å². The van der Waals surface area contributed by atoms with Crippen LogP contribution in [-0.2, 0) is 0 Å². The largest absolute Gasteiger partial charge is 0.467 e. The van der Waals surface area contributed by atoms with Gasteiger partial charge in [0, 0.05) is 24.5 Å². The van der Waals surface area contributed by atoms with Crippen molar-refractivity contribution in [3.8, 4) is 6.01 Å². The highest BCUT2D eigenvalue weighted by atomic mass is 32.1. The van der Waals surface area contributed by atoms with Crippen molar-refractivity contribution in [2.75, 3.05) is 37.0 Å². The Balaban J connectivity index is 1.71. The highest BCUT2D eigenvalue weighted by Gasteiger charge is 2.16. The summed E-state index contributed by atoms with van der Waals surface area (Å²) >= 11 is 1.53. The Hall–Kier alpha value is -1.93. The number of ether oxygens (including phenoxy) is 1. The van der Waals surface area contributed by atoms with Crippen molar-refractivity contribution in [1.82, 2.24) is 15.0 Å². The normalized spacial score (nSPS) is 16.5. The third kappa shape index (κ3) is 4.33. The van der Waals surface area contributed by atoms with E-state index < -0.39 is 6.10 Å². The summed E-state index contributed by atoms with van der Waals surface area (Å²) in [5, 5.41) is 15.2. The number of anilines is 2. The van der Waals surface area contributed by atoms with Crippen LogP contribution < -0.4 is 15.0 Å². The van der Waals surface area contributed by atoms with Gasteiger partial charge in [0.1, 0.15) is 6.10 Å². The van der Waals surface area contributed by atoms with E-state index in [0.29, 0.717) is 18.4 Å². The number of nitrogens with zero attached hydrogens (tertiary/aromatic N) is 4. The topological polar surface area (TPSA) is 83.4 Å². The second kappa shape index (κ2) is 8.25. The van der Waals surface area contributed by atoms with Crippen LogP contribution in [0, 0.1) is 0 Å². The molecule has 1 aliphatic rings. The molecule has 0 bridgehead atoms. The van der Waals surface area contributed by atoms with Crippen LogP contribution in [0.5, 0.6) is 6.01 Å². The van der Waals surface area contributed by atoms with Crippen LogP contribution >= 0.6 is 11.3 Å². The van der Waals surface area contributed by atoms with E-state index in [0.717, 1.165) is 30.8 Å². The number of aromatic nitrogens is 3. The Bertz CT molecular complexity index is 629. The molecule has 3 rings (SSSR count). The first-order chi connectivity index (χ1) is 11.8. The lowest BCUT2D eigenvalue weighted by Gasteiger charge is -2.21. The zero-order valence-corrected chi connectivity index (χ0v) is 14.6. The molecule has 3 heterocycles. The SMILES string of the molecule is COc1nc(NC[C@@H](O)c2cccs2)nc(N2CCCCCC2)n1. The van der Waals surface area contributed by atoms with Crippen molar-refractivity contribution in [3.63, 3.8) is 0 Å². The Labute approximate surface area is 145 Å². The maximum absolute atomic E-state index is 10.2. The maximum Gasteiger partial charge on any atom is 0.322 e. The van der Waals surface area contributed by atoms with Gasteiger partial charge in [0.25, 0.3) is 0 Å². The fourth-order valence-electron chi connectivity index (χ4n) is 2.70. The van der Waals surface area contributed by atoms with E-state index in [1.165, 1.54) is 24.2 Å². The van der Waals surface area contributed by atoms with Crippen molar-refractivity contribution in [3.05, 3.63) is 22.4 Å². The van der Waals surface area contributed by atoms with E-state index in [1.54, 1.807) is 7.11 Å². The molecule has 2 aromatic rings. The third-order valence-corrected chi connectivity index (χ3v) is 4.97. The van der Waals surface area contributed by atoms with Gasteiger partial charge in [0.2, 0.25) is 11.9 Å². The minimum Gasteiger partial charge on any atom is -0.467 e. The van der Waals surface area contributed by atoms with Crippen LogP contribution in [0.3, 0.4) is 0 Å². The predicted octanol–water partition coefficient (Wildman–Crippen LogP) is 2.47. The van der Waals surface area contributed by atoms with Crippen LogP contribution in [0.15, 0.2) is 17.5 Å². The van der Waals surface area contributed by atoms with Gasteiger partial charge < -0.3 is 20.1 Å². The molecule has 7 nitrogen and oxygen atoms in total. The molecule has 1 fully saturated rings. The molecule has 0 amide bonds. The minimum absolute atomic E-state index is 0.289. The monoisotopic (exact) mass is 349 g/mol. The molecule has 0 saturated carbocycles. The summed E-state index contributed by atoms with van der Waals surface area (Å²) < 4.78 is 5.21. The molecule has 1 atom stereocenters. The zero-order valence-electron chi connectivity index (χ0n) is 13.8. The number of methoxy groups -OCH3 is 1. The molecule has 24 heavy (non-hydrogen) atoms. The van der Waals surface area contributed by atoms with Gasteiger partial charge in [-0.2, -0.15) is 15.0 Å². The zero-order chi connectivity index (χ0) is 16.8. The van der Waals surface area contributed by atoms with E-state index >= 15 is 0 Å². The van der Waals surface area contributed by atoms with E-state index in [9.17, 15) is 5.11 Å². The number of hydrogen-bond acceptors (Lipinski definition) is 8. The molecule has 2 aromatic heterocycles. The lowest BCUT2D eigenvalue weighted by atomic mass is 10.2. The first-order valence-electron chi connectivity index (χ1n) is 8.26. The number of aliphatic hydroxyl groups is 1. The summed E-state index contributed by atoms with van der Waals surface area (Å²) in [5.41, 5.74) is 0. The van der Waals surface area contributed by atoms with Crippen molar-refractivity contribution < 1.29 is 9.84 Å². The molecule has 0 unspecified atom stereocenters. The lowest BCUT2D eigenvalue weighted by molar-refractivity contribution is 0.195. The number of nitrogens with one attached hydrogen (secondary N) is 1. The molecule has 0 aliphatic carbocycles. The standard InChI is InChI=1S/C16H23N5O2S/c1-23-16-19-14(17-11-12(22)13-7-6-10-24-13)18-15(20-16)21-8-4-2-3-5-9-21/h6-7,10,12,22H,2-5,8-9,11H2,1H3,(H,17,18,19,20)/t12-/m1/s1. The van der Waals surface area contributed by atoms with E-state index in [4.69, 9.17) is 4.74 Å². The summed E-state index contributed by atoms with van der Waals surface area (Å²) in [4.78, 5) is 16.2. The fourth-order valence-corrected chi connectivity index (χ4v) is 3.41. The molecule has 2 N–H and O–H groups in total. The molecular weight excluding hydrogens is 326 g/mol. The van der Waals surface area contributed by atoms with Crippen LogP contribution in [-0.4, -0.2) is 46.8 Å². The highest BCUT2D eigenvalue weighted by Crippen LogP contribution is 2.21. The van der Waals surface area contributed by atoms with Crippen LogP contribution in [0.4, 0.5) is 11.9 Å². The van der Waals surface area contributed by atoms with Crippen molar-refractivity contribution in [1.29, 1.82) is 0 Å². The van der Waals surface area contributed by atoms with Crippen LogP contribution in [0.2, 0.25) is 0 Å². The van der Waals surface area contributed by atoms with Gasteiger partial charge >= 0.3 is 6.01 Å². The first-order valence-corrected chi connectivity index (χ1v) is 9.14. The second-order valence-corrected chi connectivity index (χ2v) is 6.74. The smallest absolute Gasteiger partial charge is 0.322 e. The quantitative estimate of drug-likeness (QED) is 0.829. The molecular formula is C16H23N5O2S. The van der Waals surface area contributed by atoms with Crippen LogP contribution in [0.25, 0.3) is 0 Å². The molecule has 130 valence electrons. The fraction of sp³-hybridized carbons (Fsp3) is 0.562. The summed E-state index contributed by atoms with van der Waals surface area (Å²) in [6.45, 7) is 2.24. The second-order valence-electron chi connectivity index (χ2n) is 5.76. The van der Waals surface area contributed by atoms with Gasteiger partial charge in [-0.05, 0) is 24.3 Å². The van der Waals surface area contributed by atoms with Crippen molar-refractivity contribution >= 4 is 23.2 Å². The molecule has 1 aliphatic heterocycles. The Kier molecular flexibility index (Phi) is 5.81. The number of hydrogen-bond donors (Lipinski definition) is 2. The van der Waals surface area contributed by atoms with Gasteiger partial charge in [-0.3, -0.25) is 0 Å². The molecule has 0 spiro atoms. The lowest BCUT2D eigenvalue weighted by Crippen LogP contribution is -2.27. The first kappa shape index (κ1) is 16.9. The Morgan fingerprint density at radius 1 is 1.25 bits per heavy atom. The molecule has 0 aromatic carbocycles. The summed E-state index contributed by atoms with van der Waals surface area (Å²) in [7, 11) is 1.55. The van der Waals surface area contributed by atoms with Crippen LogP contribution in [0.1, 0.15) is 36.7 Å². The average Bonchev–Trinajstić information content (AvgIpc) is 3.02. The Morgan fingerprint density at radius 3 is 2.71 bits per heavy atom. The third-order valence-electron chi connectivity index (χ3n) is 4.00. The van der Waals surface area contributed by atoms with Gasteiger partial charge in [0.15, 0.2) is 0 Å². The maximum atomic E-state index is 10.2. The number of rotatable bonds is 6. The van der Waals surface area contributed by atoms with E-state index in [1.807, 2.05) is 17.5 Å².